The van der Waals surface area contributed by atoms with Crippen molar-refractivity contribution in [3.8, 4) is 0 Å². The third kappa shape index (κ3) is 6.71. The molecule has 1 atom stereocenters. The van der Waals surface area contributed by atoms with Crippen molar-refractivity contribution in [3.63, 3.8) is 0 Å². The Morgan fingerprint density at radius 1 is 1.42 bits per heavy atom. The molecule has 0 aliphatic rings. The van der Waals surface area contributed by atoms with Gasteiger partial charge in [-0.3, -0.25) is 4.79 Å². The second kappa shape index (κ2) is 8.30. The van der Waals surface area contributed by atoms with Crippen molar-refractivity contribution >= 4 is 17.3 Å². The van der Waals surface area contributed by atoms with Gasteiger partial charge in [0.05, 0.1) is 13.5 Å². The van der Waals surface area contributed by atoms with Gasteiger partial charge in [-0.15, -0.1) is 11.3 Å². The van der Waals surface area contributed by atoms with Crippen LogP contribution in [0.2, 0.25) is 0 Å². The molecule has 5 heteroatoms. The number of ether oxygens (including phenoxy) is 1. The molecule has 0 amide bonds. The van der Waals surface area contributed by atoms with Gasteiger partial charge in [0.1, 0.15) is 0 Å². The molecule has 1 aromatic rings. The largest absolute Gasteiger partial charge is 0.469 e. The number of carbonyl (C=O) groups excluding carboxylic acids is 1. The van der Waals surface area contributed by atoms with Gasteiger partial charge in [0.25, 0.3) is 0 Å². The van der Waals surface area contributed by atoms with E-state index in [9.17, 15) is 4.79 Å². The van der Waals surface area contributed by atoms with Crippen LogP contribution in [0.1, 0.15) is 23.1 Å². The molecule has 4 nitrogen and oxygen atoms in total. The van der Waals surface area contributed by atoms with E-state index in [1.54, 1.807) is 11.3 Å². The topological polar surface area (TPSA) is 41.6 Å². The third-order valence-electron chi connectivity index (χ3n) is 2.90. The van der Waals surface area contributed by atoms with Crippen LogP contribution in [-0.4, -0.2) is 44.7 Å². The number of carbonyl (C=O) groups is 1. The summed E-state index contributed by atoms with van der Waals surface area (Å²) in [5, 5.41) is 3.50. The average Bonchev–Trinajstić information content (AvgIpc) is 2.81. The average molecular weight is 284 g/mol. The zero-order valence-corrected chi connectivity index (χ0v) is 13.0. The fourth-order valence-corrected chi connectivity index (χ4v) is 2.61. The first kappa shape index (κ1) is 16.1. The van der Waals surface area contributed by atoms with Crippen LogP contribution in [0.25, 0.3) is 0 Å². The smallest absolute Gasteiger partial charge is 0.310 e. The maximum absolute atomic E-state index is 11.2. The second-order valence-corrected chi connectivity index (χ2v) is 6.25. The Morgan fingerprint density at radius 2 is 2.11 bits per heavy atom. The summed E-state index contributed by atoms with van der Waals surface area (Å²) in [7, 11) is 5.60. The van der Waals surface area contributed by atoms with Gasteiger partial charge in [-0.1, -0.05) is 0 Å². The van der Waals surface area contributed by atoms with Crippen molar-refractivity contribution in [2.45, 2.75) is 32.4 Å². The van der Waals surface area contributed by atoms with Gasteiger partial charge in [-0.25, -0.2) is 0 Å². The molecule has 0 radical (unpaired) electrons. The zero-order chi connectivity index (χ0) is 14.3. The second-order valence-electron chi connectivity index (χ2n) is 4.99. The molecule has 108 valence electrons. The summed E-state index contributed by atoms with van der Waals surface area (Å²) < 4.78 is 4.66. The molecule has 1 aromatic heterocycles. The van der Waals surface area contributed by atoms with E-state index in [1.807, 2.05) is 6.07 Å². The molecule has 1 unspecified atom stereocenters. The van der Waals surface area contributed by atoms with Crippen LogP contribution in [0.15, 0.2) is 12.1 Å². The number of nitrogens with one attached hydrogen (secondary N) is 1. The Hall–Kier alpha value is -0.910. The SMILES string of the molecule is COC(=O)Cc1ccc(CNC(C)CCN(C)C)s1. The fourth-order valence-electron chi connectivity index (χ4n) is 1.66. The molecule has 0 bridgehead atoms. The Bertz CT molecular complexity index is 391. The molecule has 0 saturated heterocycles. The standard InChI is InChI=1S/C14H24N2O2S/c1-11(7-8-16(2)3)15-10-13-6-5-12(19-13)9-14(17)18-4/h5-6,11,15H,7-10H2,1-4H3. The Morgan fingerprint density at radius 3 is 2.74 bits per heavy atom. The summed E-state index contributed by atoms with van der Waals surface area (Å²) in [4.78, 5) is 15.7. The van der Waals surface area contributed by atoms with Gasteiger partial charge in [0.2, 0.25) is 0 Å². The lowest BCUT2D eigenvalue weighted by Crippen LogP contribution is -2.29. The lowest BCUT2D eigenvalue weighted by molar-refractivity contribution is -0.139. The van der Waals surface area contributed by atoms with E-state index in [0.29, 0.717) is 12.5 Å². The normalized spacial score (nSPS) is 12.7. The summed E-state index contributed by atoms with van der Waals surface area (Å²) in [6.45, 7) is 4.15. The van der Waals surface area contributed by atoms with Crippen LogP contribution in [0.3, 0.4) is 0 Å². The van der Waals surface area contributed by atoms with Gasteiger partial charge < -0.3 is 15.0 Å². The Kier molecular flexibility index (Phi) is 7.05. The molecular formula is C14H24N2O2S. The minimum absolute atomic E-state index is 0.180. The van der Waals surface area contributed by atoms with Gasteiger partial charge in [0, 0.05) is 22.3 Å². The van der Waals surface area contributed by atoms with Gasteiger partial charge in [0.15, 0.2) is 0 Å². The van der Waals surface area contributed by atoms with Crippen LogP contribution in [0.4, 0.5) is 0 Å². The van der Waals surface area contributed by atoms with Crippen LogP contribution < -0.4 is 5.32 Å². The van der Waals surface area contributed by atoms with Crippen molar-refractivity contribution in [2.24, 2.45) is 0 Å². The predicted molar refractivity (Wildman–Crippen MR) is 79.5 cm³/mol. The molecular weight excluding hydrogens is 260 g/mol. The quantitative estimate of drug-likeness (QED) is 0.740. The van der Waals surface area contributed by atoms with E-state index in [-0.39, 0.29) is 5.97 Å². The molecule has 1 N–H and O–H groups in total. The summed E-state index contributed by atoms with van der Waals surface area (Å²) >= 11 is 1.67. The Balaban J connectivity index is 2.31. The third-order valence-corrected chi connectivity index (χ3v) is 3.98. The number of rotatable bonds is 8. The monoisotopic (exact) mass is 284 g/mol. The highest BCUT2D eigenvalue weighted by Crippen LogP contribution is 2.17. The van der Waals surface area contributed by atoms with Gasteiger partial charge in [-0.05, 0) is 46.1 Å². The fraction of sp³-hybridized carbons (Fsp3) is 0.643. The summed E-state index contributed by atoms with van der Waals surface area (Å²) in [5.41, 5.74) is 0. The number of methoxy groups -OCH3 is 1. The number of hydrogen-bond acceptors (Lipinski definition) is 5. The van der Waals surface area contributed by atoms with E-state index in [2.05, 4.69) is 42.0 Å². The first-order valence-electron chi connectivity index (χ1n) is 6.53. The molecule has 0 aromatic carbocycles. The van der Waals surface area contributed by atoms with Crippen molar-refractivity contribution in [3.05, 3.63) is 21.9 Å². The molecule has 0 saturated carbocycles. The maximum atomic E-state index is 11.2. The molecule has 0 fully saturated rings. The molecule has 0 spiro atoms. The predicted octanol–water partition coefficient (Wildman–Crippen LogP) is 1.89. The summed E-state index contributed by atoms with van der Waals surface area (Å²) in [6.07, 6.45) is 1.50. The van der Waals surface area contributed by atoms with Crippen LogP contribution in [0, 0.1) is 0 Å². The molecule has 0 aliphatic carbocycles. The van der Waals surface area contributed by atoms with Crippen molar-refractivity contribution in [1.29, 1.82) is 0 Å². The Labute approximate surface area is 119 Å². The number of thiophene rings is 1. The van der Waals surface area contributed by atoms with E-state index >= 15 is 0 Å². The van der Waals surface area contributed by atoms with Crippen LogP contribution >= 0.6 is 11.3 Å². The van der Waals surface area contributed by atoms with Crippen molar-refractivity contribution in [2.75, 3.05) is 27.7 Å². The van der Waals surface area contributed by atoms with Gasteiger partial charge in [-0.2, -0.15) is 0 Å². The molecule has 1 heterocycles. The highest BCUT2D eigenvalue weighted by molar-refractivity contribution is 7.12. The lowest BCUT2D eigenvalue weighted by Gasteiger charge is -2.16. The van der Waals surface area contributed by atoms with E-state index < -0.39 is 0 Å². The zero-order valence-electron chi connectivity index (χ0n) is 12.2. The van der Waals surface area contributed by atoms with E-state index in [1.165, 1.54) is 12.0 Å². The number of hydrogen-bond donors (Lipinski definition) is 1. The van der Waals surface area contributed by atoms with Crippen LogP contribution in [0.5, 0.6) is 0 Å². The molecule has 1 rings (SSSR count). The van der Waals surface area contributed by atoms with Crippen LogP contribution in [-0.2, 0) is 22.5 Å². The maximum Gasteiger partial charge on any atom is 0.310 e. The lowest BCUT2D eigenvalue weighted by atomic mass is 10.2. The summed E-state index contributed by atoms with van der Waals surface area (Å²) in [6, 6.07) is 4.58. The van der Waals surface area contributed by atoms with Gasteiger partial charge >= 0.3 is 5.97 Å². The van der Waals surface area contributed by atoms with E-state index in [0.717, 1.165) is 24.4 Å². The molecule has 19 heavy (non-hydrogen) atoms. The first-order chi connectivity index (χ1) is 9.01. The minimum Gasteiger partial charge on any atom is -0.469 e. The van der Waals surface area contributed by atoms with Crippen molar-refractivity contribution in [1.82, 2.24) is 10.2 Å². The number of esters is 1. The van der Waals surface area contributed by atoms with Crippen molar-refractivity contribution < 1.29 is 9.53 Å². The highest BCUT2D eigenvalue weighted by Gasteiger charge is 2.07. The highest BCUT2D eigenvalue weighted by atomic mass is 32.1. The number of nitrogens with zero attached hydrogens (tertiary/aromatic N) is 1. The molecule has 0 aliphatic heterocycles. The summed E-state index contributed by atoms with van der Waals surface area (Å²) in [5.74, 6) is -0.180. The first-order valence-corrected chi connectivity index (χ1v) is 7.35. The minimum atomic E-state index is -0.180. The van der Waals surface area contributed by atoms with E-state index in [4.69, 9.17) is 0 Å².